The van der Waals surface area contributed by atoms with Gasteiger partial charge in [-0.15, -0.1) is 0 Å². The standard InChI is InChI=1S/C17H22FN3O/c1-17(6-2-7-19-11-17)16(22)20-8-5-12-10-21-15-9-13(18)3-4-14(12)15/h3-4,9-10,19,21H,2,5-8,11H2,1H3,(H,20,22). The van der Waals surface area contributed by atoms with E-state index in [0.29, 0.717) is 6.54 Å². The molecule has 22 heavy (non-hydrogen) atoms. The van der Waals surface area contributed by atoms with Crippen LogP contribution >= 0.6 is 0 Å². The van der Waals surface area contributed by atoms with E-state index in [1.807, 2.05) is 13.1 Å². The number of hydrogen-bond acceptors (Lipinski definition) is 2. The number of carbonyl (C=O) groups is 1. The van der Waals surface area contributed by atoms with E-state index < -0.39 is 0 Å². The molecule has 1 fully saturated rings. The van der Waals surface area contributed by atoms with Gasteiger partial charge >= 0.3 is 0 Å². The molecule has 0 aliphatic carbocycles. The van der Waals surface area contributed by atoms with E-state index in [-0.39, 0.29) is 17.1 Å². The molecule has 0 bridgehead atoms. The number of carbonyl (C=O) groups excluding carboxylic acids is 1. The summed E-state index contributed by atoms with van der Waals surface area (Å²) in [7, 11) is 0. The van der Waals surface area contributed by atoms with E-state index in [0.717, 1.165) is 48.8 Å². The van der Waals surface area contributed by atoms with Crippen molar-refractivity contribution >= 4 is 16.8 Å². The Morgan fingerprint density at radius 1 is 1.45 bits per heavy atom. The zero-order chi connectivity index (χ0) is 15.6. The predicted molar refractivity (Wildman–Crippen MR) is 85.2 cm³/mol. The van der Waals surface area contributed by atoms with Crippen molar-refractivity contribution in [3.8, 4) is 0 Å². The molecule has 2 aromatic rings. The van der Waals surface area contributed by atoms with Gasteiger partial charge in [0, 0.05) is 30.2 Å². The molecule has 4 nitrogen and oxygen atoms in total. The normalized spacial score (nSPS) is 21.9. The number of amides is 1. The number of halogens is 1. The highest BCUT2D eigenvalue weighted by Crippen LogP contribution is 2.25. The Hall–Kier alpha value is -1.88. The third-order valence-corrected chi connectivity index (χ3v) is 4.55. The SMILES string of the molecule is CC1(C(=O)NCCc2c[nH]c3cc(F)ccc23)CCCNC1. The summed E-state index contributed by atoms with van der Waals surface area (Å²) in [6.45, 7) is 4.35. The Morgan fingerprint density at radius 2 is 2.32 bits per heavy atom. The maximum absolute atomic E-state index is 13.2. The average Bonchev–Trinajstić information content (AvgIpc) is 2.90. The molecule has 1 aliphatic rings. The van der Waals surface area contributed by atoms with Crippen molar-refractivity contribution < 1.29 is 9.18 Å². The summed E-state index contributed by atoms with van der Waals surface area (Å²) >= 11 is 0. The number of aromatic amines is 1. The molecule has 0 spiro atoms. The summed E-state index contributed by atoms with van der Waals surface area (Å²) in [5, 5.41) is 7.34. The van der Waals surface area contributed by atoms with Crippen LogP contribution in [0.1, 0.15) is 25.3 Å². The van der Waals surface area contributed by atoms with Crippen LogP contribution in [-0.2, 0) is 11.2 Å². The molecule has 1 saturated heterocycles. The molecular formula is C17H22FN3O. The highest BCUT2D eigenvalue weighted by atomic mass is 19.1. The first kappa shape index (κ1) is 15.0. The second kappa shape index (κ2) is 6.08. The molecule has 3 rings (SSSR count). The van der Waals surface area contributed by atoms with Gasteiger partial charge in [0.2, 0.25) is 5.91 Å². The van der Waals surface area contributed by atoms with Crippen LogP contribution in [0.15, 0.2) is 24.4 Å². The predicted octanol–water partition coefficient (Wildman–Crippen LogP) is 2.36. The van der Waals surface area contributed by atoms with Crippen molar-refractivity contribution in [2.24, 2.45) is 5.41 Å². The highest BCUT2D eigenvalue weighted by molar-refractivity contribution is 5.84. The lowest BCUT2D eigenvalue weighted by molar-refractivity contribution is -0.131. The third-order valence-electron chi connectivity index (χ3n) is 4.55. The molecule has 2 heterocycles. The van der Waals surface area contributed by atoms with Crippen molar-refractivity contribution in [2.45, 2.75) is 26.2 Å². The fraction of sp³-hybridized carbons (Fsp3) is 0.471. The van der Waals surface area contributed by atoms with Crippen LogP contribution in [0, 0.1) is 11.2 Å². The topological polar surface area (TPSA) is 56.9 Å². The highest BCUT2D eigenvalue weighted by Gasteiger charge is 2.34. The lowest BCUT2D eigenvalue weighted by Crippen LogP contribution is -2.49. The Labute approximate surface area is 129 Å². The first-order valence-electron chi connectivity index (χ1n) is 7.83. The van der Waals surface area contributed by atoms with E-state index in [4.69, 9.17) is 0 Å². The summed E-state index contributed by atoms with van der Waals surface area (Å²) in [5.41, 5.74) is 1.59. The van der Waals surface area contributed by atoms with Crippen molar-refractivity contribution in [3.63, 3.8) is 0 Å². The minimum absolute atomic E-state index is 0.116. The van der Waals surface area contributed by atoms with Gasteiger partial charge in [0.1, 0.15) is 5.82 Å². The lowest BCUT2D eigenvalue weighted by atomic mass is 9.82. The molecule has 0 radical (unpaired) electrons. The van der Waals surface area contributed by atoms with Gasteiger partial charge in [-0.2, -0.15) is 0 Å². The van der Waals surface area contributed by atoms with Crippen LogP contribution in [-0.4, -0.2) is 30.5 Å². The second-order valence-corrected chi connectivity index (χ2v) is 6.35. The number of nitrogens with one attached hydrogen (secondary N) is 3. The maximum Gasteiger partial charge on any atom is 0.227 e. The number of hydrogen-bond donors (Lipinski definition) is 3. The van der Waals surface area contributed by atoms with Crippen molar-refractivity contribution in [1.29, 1.82) is 0 Å². The maximum atomic E-state index is 13.2. The van der Waals surface area contributed by atoms with E-state index in [2.05, 4.69) is 15.6 Å². The Bertz CT molecular complexity index is 674. The summed E-state index contributed by atoms with van der Waals surface area (Å²) in [4.78, 5) is 15.4. The number of aromatic nitrogens is 1. The van der Waals surface area contributed by atoms with Gasteiger partial charge in [0.05, 0.1) is 5.41 Å². The van der Waals surface area contributed by atoms with Crippen molar-refractivity contribution in [2.75, 3.05) is 19.6 Å². The second-order valence-electron chi connectivity index (χ2n) is 6.35. The van der Waals surface area contributed by atoms with Crippen molar-refractivity contribution in [1.82, 2.24) is 15.6 Å². The summed E-state index contributed by atoms with van der Waals surface area (Å²) in [5.74, 6) is -0.127. The van der Waals surface area contributed by atoms with E-state index in [9.17, 15) is 9.18 Å². The quantitative estimate of drug-likeness (QED) is 0.812. The van der Waals surface area contributed by atoms with Gasteiger partial charge in [-0.05, 0) is 56.5 Å². The Morgan fingerprint density at radius 3 is 3.09 bits per heavy atom. The molecule has 1 unspecified atom stereocenters. The fourth-order valence-electron chi connectivity index (χ4n) is 3.14. The van der Waals surface area contributed by atoms with Gasteiger partial charge in [-0.1, -0.05) is 0 Å². The monoisotopic (exact) mass is 303 g/mol. The van der Waals surface area contributed by atoms with Gasteiger partial charge in [0.15, 0.2) is 0 Å². The Kier molecular flexibility index (Phi) is 4.16. The van der Waals surface area contributed by atoms with Crippen LogP contribution in [0.5, 0.6) is 0 Å². The minimum Gasteiger partial charge on any atom is -0.361 e. The van der Waals surface area contributed by atoms with Gasteiger partial charge in [-0.3, -0.25) is 4.79 Å². The number of fused-ring (bicyclic) bond motifs is 1. The molecule has 1 atom stereocenters. The van der Waals surface area contributed by atoms with E-state index in [1.54, 1.807) is 6.07 Å². The number of piperidine rings is 1. The smallest absolute Gasteiger partial charge is 0.227 e. The number of H-pyrrole nitrogens is 1. The third kappa shape index (κ3) is 2.99. The summed E-state index contributed by atoms with van der Waals surface area (Å²) in [6.07, 6.45) is 4.59. The van der Waals surface area contributed by atoms with Crippen LogP contribution in [0.25, 0.3) is 10.9 Å². The molecule has 118 valence electrons. The van der Waals surface area contributed by atoms with Crippen LogP contribution in [0.3, 0.4) is 0 Å². The first-order chi connectivity index (χ1) is 10.6. The van der Waals surface area contributed by atoms with Crippen molar-refractivity contribution in [3.05, 3.63) is 35.8 Å². The first-order valence-corrected chi connectivity index (χ1v) is 7.83. The molecular weight excluding hydrogens is 281 g/mol. The zero-order valence-corrected chi connectivity index (χ0v) is 12.8. The zero-order valence-electron chi connectivity index (χ0n) is 12.8. The van der Waals surface area contributed by atoms with Gasteiger partial charge < -0.3 is 15.6 Å². The van der Waals surface area contributed by atoms with E-state index >= 15 is 0 Å². The molecule has 1 amide bonds. The molecule has 5 heteroatoms. The number of rotatable bonds is 4. The average molecular weight is 303 g/mol. The molecule has 3 N–H and O–H groups in total. The molecule has 1 aliphatic heterocycles. The van der Waals surface area contributed by atoms with Crippen LogP contribution < -0.4 is 10.6 Å². The van der Waals surface area contributed by atoms with E-state index in [1.165, 1.54) is 12.1 Å². The van der Waals surface area contributed by atoms with Gasteiger partial charge in [0.25, 0.3) is 0 Å². The lowest BCUT2D eigenvalue weighted by Gasteiger charge is -2.32. The molecule has 1 aromatic carbocycles. The fourth-order valence-corrected chi connectivity index (χ4v) is 3.14. The Balaban J connectivity index is 1.59. The summed E-state index contributed by atoms with van der Waals surface area (Å²) < 4.78 is 13.2. The minimum atomic E-state index is -0.304. The van der Waals surface area contributed by atoms with Crippen LogP contribution in [0.2, 0.25) is 0 Å². The van der Waals surface area contributed by atoms with Crippen LogP contribution in [0.4, 0.5) is 4.39 Å². The molecule has 0 saturated carbocycles. The largest absolute Gasteiger partial charge is 0.361 e. The summed E-state index contributed by atoms with van der Waals surface area (Å²) in [6, 6.07) is 4.74. The number of benzene rings is 1. The molecule has 1 aromatic heterocycles. The van der Waals surface area contributed by atoms with Gasteiger partial charge in [-0.25, -0.2) is 4.39 Å².